The first-order chi connectivity index (χ1) is 9.22. The number of rotatable bonds is 4. The molecule has 3 N–H and O–H groups in total. The molecular weight excluding hydrogens is 238 g/mol. The van der Waals surface area contributed by atoms with Gasteiger partial charge in [0.1, 0.15) is 0 Å². The summed E-state index contributed by atoms with van der Waals surface area (Å²) in [5.41, 5.74) is 9.79. The molecule has 0 bridgehead atoms. The number of nitrogens with zero attached hydrogens (tertiary/aromatic N) is 1. The average Bonchev–Trinajstić information content (AvgIpc) is 2.42. The van der Waals surface area contributed by atoms with Crippen LogP contribution >= 0.6 is 0 Å². The fourth-order valence-electron chi connectivity index (χ4n) is 1.80. The number of anilines is 3. The first kappa shape index (κ1) is 12.9. The molecule has 0 aliphatic rings. The third kappa shape index (κ3) is 3.24. The van der Waals surface area contributed by atoms with E-state index in [4.69, 9.17) is 15.7 Å². The molecule has 2 aromatic carbocycles. The van der Waals surface area contributed by atoms with Crippen molar-refractivity contribution in [3.05, 3.63) is 53.6 Å². The largest absolute Gasteiger partial charge is 0.397 e. The van der Waals surface area contributed by atoms with Crippen LogP contribution in [0.3, 0.4) is 0 Å². The molecule has 4 heteroatoms. The Morgan fingerprint density at radius 1 is 1.26 bits per heavy atom. The van der Waals surface area contributed by atoms with Gasteiger partial charge in [0.2, 0.25) is 0 Å². The maximum atomic E-state index is 8.90. The van der Waals surface area contributed by atoms with Crippen LogP contribution < -0.4 is 11.1 Å². The second-order valence-corrected chi connectivity index (χ2v) is 4.17. The van der Waals surface area contributed by atoms with E-state index < -0.39 is 0 Å². The van der Waals surface area contributed by atoms with Gasteiger partial charge in [-0.1, -0.05) is 12.1 Å². The van der Waals surface area contributed by atoms with E-state index in [1.54, 1.807) is 25.3 Å². The predicted molar refractivity (Wildman–Crippen MR) is 76.0 cm³/mol. The van der Waals surface area contributed by atoms with Gasteiger partial charge in [-0.2, -0.15) is 5.26 Å². The Kier molecular flexibility index (Phi) is 4.01. The van der Waals surface area contributed by atoms with Gasteiger partial charge in [0, 0.05) is 12.8 Å². The number of ether oxygens (including phenoxy) is 1. The molecule has 19 heavy (non-hydrogen) atoms. The zero-order chi connectivity index (χ0) is 13.7. The molecule has 2 aromatic rings. The first-order valence-electron chi connectivity index (χ1n) is 5.87. The molecule has 0 saturated carbocycles. The van der Waals surface area contributed by atoms with Crippen molar-refractivity contribution in [2.75, 3.05) is 18.2 Å². The van der Waals surface area contributed by atoms with Gasteiger partial charge in [-0.05, 0) is 35.9 Å². The Hall–Kier alpha value is -2.51. The van der Waals surface area contributed by atoms with Crippen LogP contribution in [-0.4, -0.2) is 7.11 Å². The minimum Gasteiger partial charge on any atom is -0.397 e. The van der Waals surface area contributed by atoms with Crippen LogP contribution in [0.15, 0.2) is 42.5 Å². The van der Waals surface area contributed by atoms with Crippen molar-refractivity contribution in [3.8, 4) is 6.07 Å². The Labute approximate surface area is 112 Å². The van der Waals surface area contributed by atoms with E-state index in [-0.39, 0.29) is 0 Å². The number of benzene rings is 2. The van der Waals surface area contributed by atoms with Gasteiger partial charge in [0.05, 0.1) is 29.6 Å². The van der Waals surface area contributed by atoms with Gasteiger partial charge in [-0.3, -0.25) is 0 Å². The zero-order valence-corrected chi connectivity index (χ0v) is 10.7. The lowest BCUT2D eigenvalue weighted by molar-refractivity contribution is 0.185. The Morgan fingerprint density at radius 2 is 2.11 bits per heavy atom. The lowest BCUT2D eigenvalue weighted by Crippen LogP contribution is -1.98. The SMILES string of the molecule is COCc1cccc(Nc2cc(C#N)ccc2N)c1. The van der Waals surface area contributed by atoms with Crippen LogP contribution in [0.5, 0.6) is 0 Å². The van der Waals surface area contributed by atoms with E-state index in [0.29, 0.717) is 17.9 Å². The minimum atomic E-state index is 0.559. The Morgan fingerprint density at radius 3 is 2.84 bits per heavy atom. The number of nitrogens with two attached hydrogens (primary N) is 1. The van der Waals surface area contributed by atoms with Crippen LogP contribution in [0, 0.1) is 11.3 Å². The maximum absolute atomic E-state index is 8.90. The molecule has 0 aliphatic heterocycles. The van der Waals surface area contributed by atoms with E-state index in [0.717, 1.165) is 16.9 Å². The van der Waals surface area contributed by atoms with Crippen molar-refractivity contribution in [2.24, 2.45) is 0 Å². The highest BCUT2D eigenvalue weighted by molar-refractivity contribution is 5.74. The molecule has 0 radical (unpaired) electrons. The second-order valence-electron chi connectivity index (χ2n) is 4.17. The molecule has 96 valence electrons. The summed E-state index contributed by atoms with van der Waals surface area (Å²) in [7, 11) is 1.66. The Bertz CT molecular complexity index is 617. The highest BCUT2D eigenvalue weighted by Crippen LogP contribution is 2.24. The summed E-state index contributed by atoms with van der Waals surface area (Å²) in [4.78, 5) is 0. The number of nitrogen functional groups attached to an aromatic ring is 1. The molecule has 0 amide bonds. The molecule has 0 unspecified atom stereocenters. The maximum Gasteiger partial charge on any atom is 0.0992 e. The summed E-state index contributed by atoms with van der Waals surface area (Å²) in [6, 6.07) is 15.1. The number of hydrogen-bond acceptors (Lipinski definition) is 4. The van der Waals surface area contributed by atoms with Gasteiger partial charge in [0.25, 0.3) is 0 Å². The normalized spacial score (nSPS) is 9.89. The molecule has 0 saturated heterocycles. The van der Waals surface area contributed by atoms with Crippen molar-refractivity contribution >= 4 is 17.1 Å². The number of nitrogens with one attached hydrogen (secondary N) is 1. The lowest BCUT2D eigenvalue weighted by Gasteiger charge is -2.10. The third-order valence-electron chi connectivity index (χ3n) is 2.70. The van der Waals surface area contributed by atoms with Crippen LogP contribution in [0.1, 0.15) is 11.1 Å². The summed E-state index contributed by atoms with van der Waals surface area (Å²) >= 11 is 0. The highest BCUT2D eigenvalue weighted by atomic mass is 16.5. The van der Waals surface area contributed by atoms with Crippen molar-refractivity contribution in [1.29, 1.82) is 5.26 Å². The highest BCUT2D eigenvalue weighted by Gasteiger charge is 2.02. The number of methoxy groups -OCH3 is 1. The van der Waals surface area contributed by atoms with E-state index >= 15 is 0 Å². The van der Waals surface area contributed by atoms with Gasteiger partial charge in [0.15, 0.2) is 0 Å². The molecule has 4 nitrogen and oxygen atoms in total. The van der Waals surface area contributed by atoms with Crippen molar-refractivity contribution < 1.29 is 4.74 Å². The van der Waals surface area contributed by atoms with E-state index in [2.05, 4.69) is 11.4 Å². The van der Waals surface area contributed by atoms with Crippen molar-refractivity contribution in [3.63, 3.8) is 0 Å². The van der Waals surface area contributed by atoms with Gasteiger partial charge in [-0.15, -0.1) is 0 Å². The fraction of sp³-hybridized carbons (Fsp3) is 0.133. The van der Waals surface area contributed by atoms with Crippen LogP contribution in [0.2, 0.25) is 0 Å². The lowest BCUT2D eigenvalue weighted by atomic mass is 10.1. The van der Waals surface area contributed by atoms with Gasteiger partial charge < -0.3 is 15.8 Å². The standard InChI is InChI=1S/C15H15N3O/c1-19-10-12-3-2-4-13(7-12)18-15-8-11(9-16)5-6-14(15)17/h2-8,18H,10,17H2,1H3. The minimum absolute atomic E-state index is 0.559. The van der Waals surface area contributed by atoms with E-state index in [1.165, 1.54) is 0 Å². The molecular formula is C15H15N3O. The number of nitriles is 1. The quantitative estimate of drug-likeness (QED) is 0.821. The molecule has 0 aliphatic carbocycles. The predicted octanol–water partition coefficient (Wildman–Crippen LogP) is 3.03. The first-order valence-corrected chi connectivity index (χ1v) is 5.87. The average molecular weight is 253 g/mol. The van der Waals surface area contributed by atoms with Crippen LogP contribution in [-0.2, 0) is 11.3 Å². The smallest absolute Gasteiger partial charge is 0.0992 e. The van der Waals surface area contributed by atoms with Crippen LogP contribution in [0.4, 0.5) is 17.1 Å². The topological polar surface area (TPSA) is 71.1 Å². The third-order valence-corrected chi connectivity index (χ3v) is 2.70. The summed E-state index contributed by atoms with van der Waals surface area (Å²) in [6.07, 6.45) is 0. The molecule has 0 fully saturated rings. The zero-order valence-electron chi connectivity index (χ0n) is 10.7. The monoisotopic (exact) mass is 253 g/mol. The summed E-state index contributed by atoms with van der Waals surface area (Å²) in [6.45, 7) is 0.559. The number of hydrogen-bond donors (Lipinski definition) is 2. The second kappa shape index (κ2) is 5.89. The van der Waals surface area contributed by atoms with E-state index in [1.807, 2.05) is 24.3 Å². The fourth-order valence-corrected chi connectivity index (χ4v) is 1.80. The summed E-state index contributed by atoms with van der Waals surface area (Å²) in [5.74, 6) is 0. The Balaban J connectivity index is 2.26. The van der Waals surface area contributed by atoms with Gasteiger partial charge in [-0.25, -0.2) is 0 Å². The van der Waals surface area contributed by atoms with Gasteiger partial charge >= 0.3 is 0 Å². The van der Waals surface area contributed by atoms with Crippen molar-refractivity contribution in [1.82, 2.24) is 0 Å². The molecule has 0 heterocycles. The molecule has 0 spiro atoms. The summed E-state index contributed by atoms with van der Waals surface area (Å²) in [5, 5.41) is 12.1. The van der Waals surface area contributed by atoms with E-state index in [9.17, 15) is 0 Å². The molecule has 2 rings (SSSR count). The molecule has 0 atom stereocenters. The van der Waals surface area contributed by atoms with Crippen LogP contribution in [0.25, 0.3) is 0 Å². The molecule has 0 aromatic heterocycles. The van der Waals surface area contributed by atoms with Crippen molar-refractivity contribution in [2.45, 2.75) is 6.61 Å². The summed E-state index contributed by atoms with van der Waals surface area (Å²) < 4.78 is 5.10.